The molecule has 0 aromatic carbocycles. The SMILES string of the molecule is CCCCCCOC(=O)[C@H](N)CC(C)C. The molecule has 0 fully saturated rings. The van der Waals surface area contributed by atoms with E-state index in [9.17, 15) is 4.79 Å². The predicted octanol–water partition coefficient (Wildman–Crippen LogP) is 2.48. The Morgan fingerprint density at radius 3 is 2.47 bits per heavy atom. The van der Waals surface area contributed by atoms with Crippen molar-refractivity contribution in [3.63, 3.8) is 0 Å². The molecule has 1 atom stereocenters. The van der Waals surface area contributed by atoms with E-state index in [-0.39, 0.29) is 5.97 Å². The molecule has 3 heteroatoms. The molecule has 0 aliphatic heterocycles. The van der Waals surface area contributed by atoms with Crippen LogP contribution in [0.25, 0.3) is 0 Å². The van der Waals surface area contributed by atoms with Gasteiger partial charge in [0.1, 0.15) is 6.04 Å². The lowest BCUT2D eigenvalue weighted by Crippen LogP contribution is -2.33. The quantitative estimate of drug-likeness (QED) is 0.500. The third kappa shape index (κ3) is 8.43. The van der Waals surface area contributed by atoms with Gasteiger partial charge in [0, 0.05) is 0 Å². The lowest BCUT2D eigenvalue weighted by Gasteiger charge is -2.13. The molecule has 0 amide bonds. The number of carbonyl (C=O) groups excluding carboxylic acids is 1. The lowest BCUT2D eigenvalue weighted by molar-refractivity contribution is -0.145. The fourth-order valence-corrected chi connectivity index (χ4v) is 1.41. The van der Waals surface area contributed by atoms with Gasteiger partial charge in [0.25, 0.3) is 0 Å². The summed E-state index contributed by atoms with van der Waals surface area (Å²) in [6.07, 6.45) is 5.18. The summed E-state index contributed by atoms with van der Waals surface area (Å²) < 4.78 is 5.09. The number of unbranched alkanes of at least 4 members (excludes halogenated alkanes) is 3. The van der Waals surface area contributed by atoms with Crippen molar-refractivity contribution in [3.05, 3.63) is 0 Å². The number of hydrogen-bond acceptors (Lipinski definition) is 3. The van der Waals surface area contributed by atoms with Gasteiger partial charge in [0.05, 0.1) is 6.61 Å². The number of esters is 1. The first-order valence-electron chi connectivity index (χ1n) is 6.00. The fourth-order valence-electron chi connectivity index (χ4n) is 1.41. The van der Waals surface area contributed by atoms with Gasteiger partial charge >= 0.3 is 5.97 Å². The third-order valence-corrected chi connectivity index (χ3v) is 2.27. The minimum absolute atomic E-state index is 0.250. The molecule has 0 heterocycles. The molecule has 0 aliphatic carbocycles. The zero-order valence-corrected chi connectivity index (χ0v) is 10.3. The van der Waals surface area contributed by atoms with Crippen molar-refractivity contribution in [2.24, 2.45) is 11.7 Å². The van der Waals surface area contributed by atoms with Gasteiger partial charge in [-0.1, -0.05) is 40.0 Å². The second-order valence-corrected chi connectivity index (χ2v) is 4.46. The standard InChI is InChI=1S/C12H25NO2/c1-4-5-6-7-8-15-12(14)11(13)9-10(2)3/h10-11H,4-9,13H2,1-3H3/t11-/m1/s1. The molecule has 0 spiro atoms. The second-order valence-electron chi connectivity index (χ2n) is 4.46. The van der Waals surface area contributed by atoms with Crippen LogP contribution in [0, 0.1) is 5.92 Å². The highest BCUT2D eigenvalue weighted by atomic mass is 16.5. The van der Waals surface area contributed by atoms with Crippen molar-refractivity contribution < 1.29 is 9.53 Å². The number of nitrogens with two attached hydrogens (primary N) is 1. The van der Waals surface area contributed by atoms with Gasteiger partial charge in [-0.15, -0.1) is 0 Å². The minimum atomic E-state index is -0.448. The molecular weight excluding hydrogens is 190 g/mol. The van der Waals surface area contributed by atoms with Crippen LogP contribution in [0.15, 0.2) is 0 Å². The maximum atomic E-state index is 11.4. The van der Waals surface area contributed by atoms with Gasteiger partial charge < -0.3 is 10.5 Å². The monoisotopic (exact) mass is 215 g/mol. The van der Waals surface area contributed by atoms with Crippen molar-refractivity contribution in [1.82, 2.24) is 0 Å². The number of carbonyl (C=O) groups is 1. The average Bonchev–Trinajstić information content (AvgIpc) is 2.16. The van der Waals surface area contributed by atoms with E-state index in [1.807, 2.05) is 13.8 Å². The Morgan fingerprint density at radius 1 is 1.27 bits per heavy atom. The van der Waals surface area contributed by atoms with Crippen molar-refractivity contribution >= 4 is 5.97 Å². The van der Waals surface area contributed by atoms with Crippen LogP contribution >= 0.6 is 0 Å². The molecular formula is C12H25NO2. The summed E-state index contributed by atoms with van der Waals surface area (Å²) >= 11 is 0. The van der Waals surface area contributed by atoms with E-state index in [1.165, 1.54) is 12.8 Å². The minimum Gasteiger partial charge on any atom is -0.465 e. The summed E-state index contributed by atoms with van der Waals surface area (Å²) in [6, 6.07) is -0.448. The molecule has 0 saturated carbocycles. The normalized spacial score (nSPS) is 12.9. The first-order valence-corrected chi connectivity index (χ1v) is 6.00. The van der Waals surface area contributed by atoms with Crippen LogP contribution in [0.1, 0.15) is 52.9 Å². The van der Waals surface area contributed by atoms with Gasteiger partial charge in [-0.25, -0.2) is 0 Å². The second kappa shape index (κ2) is 8.72. The molecule has 0 bridgehead atoms. The van der Waals surface area contributed by atoms with Gasteiger partial charge in [0.2, 0.25) is 0 Å². The smallest absolute Gasteiger partial charge is 0.322 e. The highest BCUT2D eigenvalue weighted by Crippen LogP contribution is 2.05. The van der Waals surface area contributed by atoms with Gasteiger partial charge in [-0.2, -0.15) is 0 Å². The van der Waals surface area contributed by atoms with Crippen LogP contribution in [0.5, 0.6) is 0 Å². The Balaban J connectivity index is 3.47. The van der Waals surface area contributed by atoms with Crippen molar-refractivity contribution in [2.75, 3.05) is 6.61 Å². The van der Waals surface area contributed by atoms with E-state index < -0.39 is 6.04 Å². The molecule has 0 aliphatic rings. The van der Waals surface area contributed by atoms with Crippen LogP contribution < -0.4 is 5.73 Å². The maximum absolute atomic E-state index is 11.4. The summed E-state index contributed by atoms with van der Waals surface area (Å²) in [5.74, 6) is 0.188. The van der Waals surface area contributed by atoms with Crippen LogP contribution in [0.3, 0.4) is 0 Å². The van der Waals surface area contributed by atoms with Gasteiger partial charge in [0.15, 0.2) is 0 Å². The summed E-state index contributed by atoms with van der Waals surface area (Å²) in [5, 5.41) is 0. The van der Waals surface area contributed by atoms with Crippen molar-refractivity contribution in [3.8, 4) is 0 Å². The van der Waals surface area contributed by atoms with E-state index in [0.717, 1.165) is 12.8 Å². The average molecular weight is 215 g/mol. The van der Waals surface area contributed by atoms with Crippen LogP contribution in [-0.4, -0.2) is 18.6 Å². The molecule has 0 aromatic rings. The molecule has 0 saturated heterocycles. The maximum Gasteiger partial charge on any atom is 0.322 e. The van der Waals surface area contributed by atoms with Crippen molar-refractivity contribution in [2.45, 2.75) is 58.9 Å². The Morgan fingerprint density at radius 2 is 1.93 bits per heavy atom. The molecule has 90 valence electrons. The Kier molecular flexibility index (Phi) is 8.38. The molecule has 3 nitrogen and oxygen atoms in total. The highest BCUT2D eigenvalue weighted by molar-refractivity contribution is 5.75. The molecule has 0 rings (SSSR count). The summed E-state index contributed by atoms with van der Waals surface area (Å²) in [4.78, 5) is 11.4. The third-order valence-electron chi connectivity index (χ3n) is 2.27. The van der Waals surface area contributed by atoms with Crippen molar-refractivity contribution in [1.29, 1.82) is 0 Å². The van der Waals surface area contributed by atoms with E-state index in [2.05, 4.69) is 6.92 Å². The Bertz CT molecular complexity index is 169. The predicted molar refractivity (Wildman–Crippen MR) is 62.5 cm³/mol. The molecule has 0 aromatic heterocycles. The number of hydrogen-bond donors (Lipinski definition) is 1. The van der Waals surface area contributed by atoms with Gasteiger partial charge in [-0.3, -0.25) is 4.79 Å². The molecule has 15 heavy (non-hydrogen) atoms. The first kappa shape index (κ1) is 14.4. The molecule has 0 unspecified atom stereocenters. The van der Waals surface area contributed by atoms with Crippen LogP contribution in [0.2, 0.25) is 0 Å². The van der Waals surface area contributed by atoms with E-state index in [4.69, 9.17) is 10.5 Å². The summed E-state index contributed by atoms with van der Waals surface area (Å²) in [7, 11) is 0. The number of ether oxygens (including phenoxy) is 1. The molecule has 2 N–H and O–H groups in total. The van der Waals surface area contributed by atoms with E-state index in [0.29, 0.717) is 18.9 Å². The molecule has 0 radical (unpaired) electrons. The van der Waals surface area contributed by atoms with Crippen LogP contribution in [-0.2, 0) is 9.53 Å². The Hall–Kier alpha value is -0.570. The number of rotatable bonds is 8. The highest BCUT2D eigenvalue weighted by Gasteiger charge is 2.15. The Labute approximate surface area is 93.4 Å². The summed E-state index contributed by atoms with van der Waals surface area (Å²) in [5.41, 5.74) is 5.68. The van der Waals surface area contributed by atoms with E-state index in [1.54, 1.807) is 0 Å². The largest absolute Gasteiger partial charge is 0.465 e. The fraction of sp³-hybridized carbons (Fsp3) is 0.917. The zero-order valence-electron chi connectivity index (χ0n) is 10.3. The lowest BCUT2D eigenvalue weighted by atomic mass is 10.1. The topological polar surface area (TPSA) is 52.3 Å². The van der Waals surface area contributed by atoms with E-state index >= 15 is 0 Å². The van der Waals surface area contributed by atoms with Crippen LogP contribution in [0.4, 0.5) is 0 Å². The first-order chi connectivity index (χ1) is 7.07. The zero-order chi connectivity index (χ0) is 11.7. The summed E-state index contributed by atoms with van der Waals surface area (Å²) in [6.45, 7) is 6.78. The van der Waals surface area contributed by atoms with Gasteiger partial charge in [-0.05, 0) is 18.8 Å².